The van der Waals surface area contributed by atoms with Gasteiger partial charge >= 0.3 is 105 Å². The molecule has 0 radical (unpaired) electrons. The van der Waals surface area contributed by atoms with Gasteiger partial charge in [0.2, 0.25) is 0 Å². The topological polar surface area (TPSA) is 83.8 Å². The summed E-state index contributed by atoms with van der Waals surface area (Å²) >= 11 is 4.64. The van der Waals surface area contributed by atoms with Crippen LogP contribution >= 0.6 is 28.1 Å². The van der Waals surface area contributed by atoms with Crippen LogP contribution in [0.1, 0.15) is 4.28 Å². The van der Waals surface area contributed by atoms with E-state index in [9.17, 15) is 9.13 Å². The van der Waals surface area contributed by atoms with Crippen LogP contribution in [0.2, 0.25) is 0 Å². The Kier molecular flexibility index (Phi) is 58.8. The third-order valence-corrected chi connectivity index (χ3v) is 1.26. The van der Waals surface area contributed by atoms with Gasteiger partial charge in [-0.2, -0.15) is 0 Å². The number of halogens is 1. The summed E-state index contributed by atoms with van der Waals surface area (Å²) in [5, 5.41) is 0. The van der Waals surface area contributed by atoms with Crippen molar-refractivity contribution >= 4 is 28.1 Å². The van der Waals surface area contributed by atoms with Crippen molar-refractivity contribution in [3.63, 3.8) is 0 Å². The first-order chi connectivity index (χ1) is 4.13. The first-order valence-electron chi connectivity index (χ1n) is 1.51. The van der Waals surface area contributed by atoms with Crippen LogP contribution in [-0.4, -0.2) is 16.2 Å². The van der Waals surface area contributed by atoms with Gasteiger partial charge in [0.05, 0.1) is 0 Å². The van der Waals surface area contributed by atoms with E-state index in [2.05, 4.69) is 15.9 Å². The molecule has 0 aliphatic rings. The monoisotopic (exact) mass is 266 g/mol. The molecule has 0 aliphatic heterocycles. The molecule has 12 heavy (non-hydrogen) atoms. The number of hydrogen-bond acceptors (Lipinski definition) is 3. The van der Waals surface area contributed by atoms with Crippen LogP contribution in [0, 0.1) is 0 Å². The van der Waals surface area contributed by atoms with E-state index in [1.54, 1.807) is 0 Å². The van der Waals surface area contributed by atoms with Gasteiger partial charge in [0.25, 0.3) is 0 Å². The van der Waals surface area contributed by atoms with Crippen LogP contribution < -0.4 is 88.7 Å². The van der Waals surface area contributed by atoms with Gasteiger partial charge in [-0.3, -0.25) is 0 Å². The van der Waals surface area contributed by atoms with Crippen molar-refractivity contribution in [1.29, 1.82) is 0 Å². The average Bonchev–Trinajstić information content (AvgIpc) is 1.68. The third-order valence-electron chi connectivity index (χ3n) is 0.140. The molecule has 0 aromatic carbocycles. The van der Waals surface area contributed by atoms with Crippen LogP contribution in [0.3, 0.4) is 0 Å². The molecule has 11 heteroatoms. The molecule has 0 fully saturated rings. The predicted octanol–water partition coefficient (Wildman–Crippen LogP) is -7.49. The summed E-state index contributed by atoms with van der Waals surface area (Å²) in [6, 6.07) is 0. The minimum absolute atomic E-state index is 0. The Morgan fingerprint density at radius 2 is 1.25 bits per heavy atom. The van der Waals surface area contributed by atoms with E-state index < -0.39 is 16.5 Å². The molecule has 0 heterocycles. The quantitative estimate of drug-likeness (QED) is 0.295. The van der Waals surface area contributed by atoms with Gasteiger partial charge in [0.1, 0.15) is 0 Å². The zero-order valence-electron chi connectivity index (χ0n) is 10.4. The fraction of sp³-hybridized carbons (Fsp3) is 1.00. The van der Waals surface area contributed by atoms with Crippen LogP contribution in [0.5, 0.6) is 0 Å². The van der Waals surface area contributed by atoms with Crippen molar-refractivity contribution in [2.45, 2.75) is 0 Å². The molecule has 0 aliphatic carbocycles. The van der Waals surface area contributed by atoms with E-state index in [1.807, 2.05) is 0 Å². The van der Waals surface area contributed by atoms with E-state index in [0.29, 0.717) is 0 Å². The van der Waals surface area contributed by atoms with Gasteiger partial charge in [-0.05, 0) is 0 Å². The van der Waals surface area contributed by atoms with Gasteiger partial charge in [-0.25, -0.2) is 0 Å². The minimum Gasteiger partial charge on any atom is -1.00 e. The molecular formula is CH8ClNa3O5P2+2. The van der Waals surface area contributed by atoms with Gasteiger partial charge in [0, 0.05) is 15.5 Å². The predicted molar refractivity (Wildman–Crippen MR) is 35.8 cm³/mol. The number of alkyl halides is 1. The zero-order valence-corrected chi connectivity index (χ0v) is 15.9. The van der Waals surface area contributed by atoms with Crippen molar-refractivity contribution in [2.24, 2.45) is 0 Å². The maximum Gasteiger partial charge on any atom is 1.00 e. The van der Waals surface area contributed by atoms with Crippen molar-refractivity contribution in [3.05, 3.63) is 0 Å². The van der Waals surface area contributed by atoms with Crippen molar-refractivity contribution in [3.8, 4) is 0 Å². The van der Waals surface area contributed by atoms with E-state index in [4.69, 9.17) is 9.79 Å². The normalized spacial score (nSPS) is 8.33. The molecule has 0 aromatic rings. The molecule has 0 rings (SSSR count). The number of hydrogen-bond donors (Lipinski definition) is 2. The molecule has 0 saturated heterocycles. The largest absolute Gasteiger partial charge is 1.00 e. The molecule has 2 N–H and O–H groups in total. The molecule has 60 valence electrons. The van der Waals surface area contributed by atoms with Crippen molar-refractivity contribution < 1.29 is 116 Å². The Hall–Kier alpha value is 3.37. The molecule has 2 atom stereocenters. The smallest absolute Gasteiger partial charge is 1.00 e. The zero-order chi connectivity index (χ0) is 7.86. The van der Waals surface area contributed by atoms with Gasteiger partial charge < -0.3 is 4.28 Å². The first kappa shape index (κ1) is 29.5. The molecule has 5 nitrogen and oxygen atoms in total. The van der Waals surface area contributed by atoms with Gasteiger partial charge in [0.15, 0.2) is 4.31 Å². The molecule has 2 unspecified atom stereocenters. The van der Waals surface area contributed by atoms with Crippen LogP contribution in [0.4, 0.5) is 0 Å². The Balaban J connectivity index is -0.00000000965. The fourth-order valence-corrected chi connectivity index (χ4v) is 0.538. The SMILES string of the molecule is CCl.O=[P+](O)O[P+](=O)O.[H-].[H-].[H-].[Na+].[Na+].[Na+]. The van der Waals surface area contributed by atoms with E-state index in [-0.39, 0.29) is 93.0 Å². The van der Waals surface area contributed by atoms with Crippen LogP contribution in [0.15, 0.2) is 0 Å². The summed E-state index contributed by atoms with van der Waals surface area (Å²) in [4.78, 5) is 15.3. The third kappa shape index (κ3) is 37.7. The second kappa shape index (κ2) is 23.9. The minimum atomic E-state index is -2.92. The molecular weight excluding hydrogens is 258 g/mol. The van der Waals surface area contributed by atoms with Crippen LogP contribution in [-0.2, 0) is 13.4 Å². The Morgan fingerprint density at radius 3 is 1.25 bits per heavy atom. The number of rotatable bonds is 2. The molecule has 0 saturated carbocycles. The van der Waals surface area contributed by atoms with E-state index in [1.165, 1.54) is 6.38 Å². The molecule has 0 amide bonds. The fourth-order valence-electron chi connectivity index (χ4n) is 0.0598. The van der Waals surface area contributed by atoms with Gasteiger partial charge in [-0.1, -0.05) is 0 Å². The Labute approximate surface area is 148 Å². The van der Waals surface area contributed by atoms with Crippen molar-refractivity contribution in [1.82, 2.24) is 0 Å². The van der Waals surface area contributed by atoms with Crippen LogP contribution in [0.25, 0.3) is 0 Å². The molecule has 0 bridgehead atoms. The maximum atomic E-state index is 9.39. The summed E-state index contributed by atoms with van der Waals surface area (Å²) < 4.78 is 22.2. The summed E-state index contributed by atoms with van der Waals surface area (Å²) in [7, 11) is -5.85. The Bertz CT molecular complexity index is 112. The Morgan fingerprint density at radius 1 is 1.08 bits per heavy atom. The van der Waals surface area contributed by atoms with Gasteiger partial charge in [-0.15, -0.1) is 21.4 Å². The summed E-state index contributed by atoms with van der Waals surface area (Å²) in [5.74, 6) is 0. The molecule has 0 spiro atoms. The van der Waals surface area contributed by atoms with Crippen molar-refractivity contribution in [2.75, 3.05) is 6.38 Å². The second-order valence-electron chi connectivity index (χ2n) is 0.557. The standard InChI is InChI=1S/CH3Cl.3Na.O5P2.3H/c1-2;;;;1-6(2)5-7(3)4;;;/h1H3;;;;;;;/q;3*+1;;3*-1/p+2. The maximum absolute atomic E-state index is 9.39. The average molecular weight is 266 g/mol. The van der Waals surface area contributed by atoms with E-state index in [0.717, 1.165) is 0 Å². The summed E-state index contributed by atoms with van der Waals surface area (Å²) in [6.45, 7) is 0. The summed E-state index contributed by atoms with van der Waals surface area (Å²) in [5.41, 5.74) is 0. The molecule has 0 aromatic heterocycles. The summed E-state index contributed by atoms with van der Waals surface area (Å²) in [6.07, 6.45) is 1.47. The second-order valence-corrected chi connectivity index (χ2v) is 2.16. The van der Waals surface area contributed by atoms with E-state index >= 15 is 0 Å². The first-order valence-corrected chi connectivity index (χ1v) is 4.52.